The summed E-state index contributed by atoms with van der Waals surface area (Å²) in [5.41, 5.74) is 2.81. The first-order valence-corrected chi connectivity index (χ1v) is 13.4. The summed E-state index contributed by atoms with van der Waals surface area (Å²) in [4.78, 5) is 27.9. The fourth-order valence-corrected chi connectivity index (χ4v) is 5.61. The predicted octanol–water partition coefficient (Wildman–Crippen LogP) is 5.66. The van der Waals surface area contributed by atoms with E-state index in [1.54, 1.807) is 28.9 Å². The Kier molecular flexibility index (Phi) is 7.76. The summed E-state index contributed by atoms with van der Waals surface area (Å²) >= 11 is 7.79. The zero-order valence-corrected chi connectivity index (χ0v) is 22.4. The maximum absolute atomic E-state index is 13.8. The topological polar surface area (TPSA) is 67.2 Å². The van der Waals surface area contributed by atoms with E-state index in [1.165, 1.54) is 28.8 Å². The molecule has 1 atom stereocenters. The third-order valence-electron chi connectivity index (χ3n) is 5.90. The molecule has 0 saturated carbocycles. The van der Waals surface area contributed by atoms with Crippen molar-refractivity contribution in [2.45, 2.75) is 44.8 Å². The Morgan fingerprint density at radius 2 is 1.94 bits per heavy atom. The average Bonchev–Trinajstić information content (AvgIpc) is 3.17. The second kappa shape index (κ2) is 10.6. The lowest BCUT2D eigenvalue weighted by Gasteiger charge is -2.24. The number of hydrogen-bond acceptors (Lipinski definition) is 4. The van der Waals surface area contributed by atoms with E-state index in [0.29, 0.717) is 23.1 Å². The van der Waals surface area contributed by atoms with E-state index >= 15 is 0 Å². The monoisotopic (exact) mass is 528 g/mol. The van der Waals surface area contributed by atoms with Gasteiger partial charge in [0.15, 0.2) is 0 Å². The summed E-state index contributed by atoms with van der Waals surface area (Å²) < 4.78 is 15.5. The van der Waals surface area contributed by atoms with Gasteiger partial charge in [-0.3, -0.25) is 14.5 Å². The summed E-state index contributed by atoms with van der Waals surface area (Å²) in [6, 6.07) is 13.6. The summed E-state index contributed by atoms with van der Waals surface area (Å²) in [5, 5.41) is 8.13. The molecule has 1 aromatic heterocycles. The number of aromatic nitrogens is 2. The molecule has 0 fully saturated rings. The summed E-state index contributed by atoms with van der Waals surface area (Å²) in [5.74, 6) is -0.0536. The molecule has 1 aliphatic heterocycles. The molecular formula is C27H30ClFN4O2S. The number of carbonyl (C=O) groups excluding carboxylic acids is 2. The van der Waals surface area contributed by atoms with Crippen LogP contribution in [0.1, 0.15) is 56.2 Å². The highest BCUT2D eigenvalue weighted by Gasteiger charge is 2.39. The zero-order valence-electron chi connectivity index (χ0n) is 20.8. The van der Waals surface area contributed by atoms with E-state index in [0.717, 1.165) is 23.2 Å². The van der Waals surface area contributed by atoms with Crippen molar-refractivity contribution in [3.63, 3.8) is 0 Å². The summed E-state index contributed by atoms with van der Waals surface area (Å²) in [6.45, 7) is 8.57. The van der Waals surface area contributed by atoms with Crippen molar-refractivity contribution in [1.29, 1.82) is 0 Å². The number of nitrogens with zero attached hydrogens (tertiary/aromatic N) is 3. The van der Waals surface area contributed by atoms with Crippen LogP contribution in [0.15, 0.2) is 48.5 Å². The minimum atomic E-state index is -0.379. The molecule has 6 nitrogen and oxygen atoms in total. The van der Waals surface area contributed by atoms with Gasteiger partial charge in [0.05, 0.1) is 22.4 Å². The van der Waals surface area contributed by atoms with Crippen molar-refractivity contribution >= 4 is 41.0 Å². The molecule has 3 aromatic rings. The largest absolute Gasteiger partial charge is 0.355 e. The van der Waals surface area contributed by atoms with Gasteiger partial charge in [-0.25, -0.2) is 9.07 Å². The van der Waals surface area contributed by atoms with Crippen LogP contribution in [0.5, 0.6) is 0 Å². The Morgan fingerprint density at radius 1 is 1.22 bits per heavy atom. The molecule has 1 aliphatic rings. The molecule has 2 amide bonds. The van der Waals surface area contributed by atoms with Gasteiger partial charge in [-0.05, 0) is 42.3 Å². The molecular weight excluding hydrogens is 499 g/mol. The molecule has 0 radical (unpaired) electrons. The fraction of sp³-hybridized carbons (Fsp3) is 0.370. The fourth-order valence-electron chi connectivity index (χ4n) is 4.23. The van der Waals surface area contributed by atoms with E-state index < -0.39 is 0 Å². The average molecular weight is 529 g/mol. The van der Waals surface area contributed by atoms with Crippen LogP contribution in [0.4, 0.5) is 10.2 Å². The van der Waals surface area contributed by atoms with Crippen molar-refractivity contribution in [3.8, 4) is 5.69 Å². The van der Waals surface area contributed by atoms with Gasteiger partial charge in [-0.2, -0.15) is 5.10 Å². The molecule has 190 valence electrons. The van der Waals surface area contributed by atoms with Gasteiger partial charge in [-0.15, -0.1) is 11.8 Å². The Labute approximate surface area is 220 Å². The van der Waals surface area contributed by atoms with Gasteiger partial charge in [0.2, 0.25) is 11.8 Å². The number of fused-ring (bicyclic) bond motifs is 1. The lowest BCUT2D eigenvalue weighted by atomic mass is 9.87. The van der Waals surface area contributed by atoms with Crippen LogP contribution in [-0.2, 0) is 15.0 Å². The van der Waals surface area contributed by atoms with E-state index in [-0.39, 0.29) is 40.6 Å². The number of nitrogens with one attached hydrogen (secondary N) is 1. The van der Waals surface area contributed by atoms with Crippen LogP contribution in [0, 0.1) is 5.82 Å². The highest BCUT2D eigenvalue weighted by Crippen LogP contribution is 2.48. The first kappa shape index (κ1) is 26.2. The van der Waals surface area contributed by atoms with Crippen molar-refractivity contribution in [2.24, 2.45) is 0 Å². The van der Waals surface area contributed by atoms with Crippen LogP contribution >= 0.6 is 23.4 Å². The third kappa shape index (κ3) is 5.44. The van der Waals surface area contributed by atoms with Crippen molar-refractivity contribution in [1.82, 2.24) is 15.1 Å². The Hall–Kier alpha value is -2.84. The van der Waals surface area contributed by atoms with Gasteiger partial charge in [0.1, 0.15) is 18.2 Å². The second-order valence-electron chi connectivity index (χ2n) is 9.80. The quantitative estimate of drug-likeness (QED) is 0.448. The Balaban J connectivity index is 1.99. The van der Waals surface area contributed by atoms with Crippen LogP contribution in [-0.4, -0.2) is 40.4 Å². The number of anilines is 1. The molecule has 2 heterocycles. The molecule has 0 bridgehead atoms. The molecule has 0 saturated heterocycles. The Bertz CT molecular complexity index is 1270. The predicted molar refractivity (Wildman–Crippen MR) is 144 cm³/mol. The molecule has 1 N–H and O–H groups in total. The standard InChI is InChI=1S/C27H30ClFN4O2S/c1-5-13-30-21(34)15-32-22(35)16-36-24(17-9-11-19(29)12-10-17)23-25(27(2,3)4)31-33(26(23)32)20-8-6-7-18(28)14-20/h6-12,14,24H,5,13,15-16H2,1-4H3,(H,30,34). The number of carbonyl (C=O) groups is 2. The van der Waals surface area contributed by atoms with E-state index in [2.05, 4.69) is 26.1 Å². The van der Waals surface area contributed by atoms with E-state index in [4.69, 9.17) is 16.7 Å². The first-order chi connectivity index (χ1) is 17.1. The van der Waals surface area contributed by atoms with Gasteiger partial charge in [0.25, 0.3) is 0 Å². The van der Waals surface area contributed by atoms with E-state index in [9.17, 15) is 14.0 Å². The lowest BCUT2D eigenvalue weighted by molar-refractivity contribution is -0.122. The highest BCUT2D eigenvalue weighted by molar-refractivity contribution is 8.00. The maximum atomic E-state index is 13.8. The maximum Gasteiger partial charge on any atom is 0.240 e. The molecule has 4 rings (SSSR count). The molecule has 0 spiro atoms. The number of amides is 2. The van der Waals surface area contributed by atoms with Crippen LogP contribution < -0.4 is 10.2 Å². The Morgan fingerprint density at radius 3 is 2.58 bits per heavy atom. The number of halogens is 2. The molecule has 36 heavy (non-hydrogen) atoms. The minimum absolute atomic E-state index is 0.127. The second-order valence-corrected chi connectivity index (χ2v) is 11.3. The number of thioether (sulfide) groups is 1. The van der Waals surface area contributed by atoms with Gasteiger partial charge in [0, 0.05) is 22.5 Å². The van der Waals surface area contributed by atoms with Crippen LogP contribution in [0.2, 0.25) is 5.02 Å². The van der Waals surface area contributed by atoms with Crippen molar-refractivity contribution in [3.05, 3.63) is 76.2 Å². The number of hydrogen-bond donors (Lipinski definition) is 1. The van der Waals surface area contributed by atoms with Crippen molar-refractivity contribution in [2.75, 3.05) is 23.7 Å². The molecule has 0 aliphatic carbocycles. The third-order valence-corrected chi connectivity index (χ3v) is 7.39. The van der Waals surface area contributed by atoms with Gasteiger partial charge >= 0.3 is 0 Å². The van der Waals surface area contributed by atoms with Crippen molar-refractivity contribution < 1.29 is 14.0 Å². The van der Waals surface area contributed by atoms with Gasteiger partial charge < -0.3 is 5.32 Å². The lowest BCUT2D eigenvalue weighted by Crippen LogP contribution is -2.42. The SMILES string of the molecule is CCCNC(=O)CN1C(=O)CSC(c2ccc(F)cc2)c2c(C(C)(C)C)nn(-c3cccc(Cl)c3)c21. The highest BCUT2D eigenvalue weighted by atomic mass is 35.5. The molecule has 9 heteroatoms. The number of benzene rings is 2. The molecule has 2 aromatic carbocycles. The first-order valence-electron chi connectivity index (χ1n) is 11.9. The molecule has 1 unspecified atom stereocenters. The van der Waals surface area contributed by atoms with Crippen LogP contribution in [0.3, 0.4) is 0 Å². The minimum Gasteiger partial charge on any atom is -0.355 e. The van der Waals surface area contributed by atoms with E-state index in [1.807, 2.05) is 19.1 Å². The summed E-state index contributed by atoms with van der Waals surface area (Å²) in [7, 11) is 0. The smallest absolute Gasteiger partial charge is 0.240 e. The number of rotatable bonds is 6. The normalized spacial score (nSPS) is 16.0. The van der Waals surface area contributed by atoms with Gasteiger partial charge in [-0.1, -0.05) is 57.5 Å². The van der Waals surface area contributed by atoms with Crippen LogP contribution in [0.25, 0.3) is 5.69 Å². The zero-order chi connectivity index (χ0) is 26.0. The summed E-state index contributed by atoms with van der Waals surface area (Å²) in [6.07, 6.45) is 0.794.